The SMILES string of the molecule is C[N+](C)(CCCCCCC1(CCCCCC[N+](C)(C)CCCN2c3ccccc3S(=O)c3ccccc32)c2cc(Br)ccc2-c2ccc(Br)cc21)CCCN1c2ccccc2S(=O)c2ccccc21. The summed E-state index contributed by atoms with van der Waals surface area (Å²) in [5.74, 6) is 0. The third kappa shape index (κ3) is 11.0. The Kier molecular flexibility index (Phi) is 15.8. The van der Waals surface area contributed by atoms with Crippen LogP contribution in [0.5, 0.6) is 0 Å². The zero-order valence-corrected chi connectivity index (χ0v) is 45.9. The summed E-state index contributed by atoms with van der Waals surface area (Å²) in [6.45, 7) is 6.39. The van der Waals surface area contributed by atoms with Crippen LogP contribution in [-0.4, -0.2) is 84.8 Å². The number of benzene rings is 6. The number of nitrogens with zero attached hydrogens (tertiary/aromatic N) is 4. The lowest BCUT2D eigenvalue weighted by molar-refractivity contribution is -0.890. The van der Waals surface area contributed by atoms with E-state index < -0.39 is 21.6 Å². The predicted octanol–water partition coefficient (Wildman–Crippen LogP) is 14.9. The average molecular weight is 1090 g/mol. The number of para-hydroxylation sites is 4. The first-order valence-electron chi connectivity index (χ1n) is 25.4. The highest BCUT2D eigenvalue weighted by Gasteiger charge is 2.42. The van der Waals surface area contributed by atoms with Gasteiger partial charge in [0.2, 0.25) is 0 Å². The van der Waals surface area contributed by atoms with Gasteiger partial charge in [0.05, 0.1) is 118 Å². The lowest BCUT2D eigenvalue weighted by Crippen LogP contribution is -2.42. The predicted molar refractivity (Wildman–Crippen MR) is 296 cm³/mol. The molecule has 0 amide bonds. The zero-order chi connectivity index (χ0) is 48.2. The number of fused-ring (bicyclic) bond motifs is 7. The number of quaternary nitrogens is 2. The second-order valence-corrected chi connectivity index (χ2v) is 25.6. The van der Waals surface area contributed by atoms with Gasteiger partial charge in [-0.15, -0.1) is 0 Å². The Morgan fingerprint density at radius 1 is 0.420 bits per heavy atom. The number of rotatable bonds is 22. The standard InChI is InChI=1S/C59H70Br2N4O2S2/c1-64(2,41-21-37-62-51-23-9-13-27-55(51)68(66)56-28-14-10-24-52(56)62)39-19-7-5-17-35-59(49-43-45(60)31-33-47(49)48-34-32-46(61)44-50(48)59)36-18-6-8-20-40-65(3,4)42-22-38-63-53-25-11-15-29-57(53)69(67)58-30-16-12-26-54(58)63/h9-16,23-34,43-44H,5-8,17-22,35-42H2,1-4H3/q+2. The average Bonchev–Trinajstić information content (AvgIpc) is 3.60. The molecule has 0 N–H and O–H groups in total. The number of unbranched alkanes of at least 4 members (excludes halogenated alkanes) is 6. The highest BCUT2D eigenvalue weighted by Crippen LogP contribution is 2.55. The molecule has 9 rings (SSSR count). The maximum Gasteiger partial charge on any atom is 0.0892 e. The summed E-state index contributed by atoms with van der Waals surface area (Å²) in [4.78, 5) is 8.46. The van der Waals surface area contributed by atoms with E-state index in [-0.39, 0.29) is 5.41 Å². The summed E-state index contributed by atoms with van der Waals surface area (Å²) in [7, 11) is 7.29. The maximum atomic E-state index is 13.4. The first-order chi connectivity index (χ1) is 33.4. The Morgan fingerprint density at radius 3 is 1.10 bits per heavy atom. The molecule has 0 saturated carbocycles. The summed E-state index contributed by atoms with van der Waals surface area (Å²) in [5, 5.41) is 0. The highest BCUT2D eigenvalue weighted by atomic mass is 79.9. The van der Waals surface area contributed by atoms with Crippen LogP contribution in [0.25, 0.3) is 11.1 Å². The summed E-state index contributed by atoms with van der Waals surface area (Å²) >= 11 is 7.78. The van der Waals surface area contributed by atoms with Gasteiger partial charge < -0.3 is 18.8 Å². The van der Waals surface area contributed by atoms with Gasteiger partial charge in [0.1, 0.15) is 0 Å². The lowest BCUT2D eigenvalue weighted by Gasteiger charge is -2.35. The van der Waals surface area contributed by atoms with Crippen molar-refractivity contribution in [2.24, 2.45) is 0 Å². The largest absolute Gasteiger partial charge is 0.339 e. The van der Waals surface area contributed by atoms with E-state index in [1.165, 1.54) is 108 Å². The number of anilines is 4. The van der Waals surface area contributed by atoms with Crippen LogP contribution in [0.2, 0.25) is 0 Å². The third-order valence-corrected chi connectivity index (χ3v) is 19.2. The summed E-state index contributed by atoms with van der Waals surface area (Å²) in [5.41, 5.74) is 10.2. The molecular formula is C59H70Br2N4O2S2+2. The van der Waals surface area contributed by atoms with Crippen LogP contribution in [0, 0.1) is 0 Å². The summed E-state index contributed by atoms with van der Waals surface area (Å²) in [6, 6.07) is 46.9. The second-order valence-electron chi connectivity index (χ2n) is 21.0. The van der Waals surface area contributed by atoms with Crippen LogP contribution in [0.1, 0.15) is 88.2 Å². The minimum atomic E-state index is -1.14. The monoisotopic (exact) mass is 1090 g/mol. The Morgan fingerprint density at radius 2 is 0.739 bits per heavy atom. The van der Waals surface area contributed by atoms with Crippen molar-refractivity contribution in [1.29, 1.82) is 0 Å². The molecule has 3 aliphatic rings. The van der Waals surface area contributed by atoms with Gasteiger partial charge >= 0.3 is 0 Å². The molecule has 0 fully saturated rings. The molecule has 0 aromatic heterocycles. The minimum absolute atomic E-state index is 0.0134. The maximum absolute atomic E-state index is 13.4. The van der Waals surface area contributed by atoms with Crippen LogP contribution < -0.4 is 9.80 Å². The van der Waals surface area contributed by atoms with Crippen LogP contribution in [-0.2, 0) is 27.0 Å². The van der Waals surface area contributed by atoms with Gasteiger partial charge in [0, 0.05) is 40.3 Å². The van der Waals surface area contributed by atoms with Crippen LogP contribution >= 0.6 is 31.9 Å². The van der Waals surface area contributed by atoms with Crippen molar-refractivity contribution in [2.45, 2.75) is 102 Å². The zero-order valence-electron chi connectivity index (χ0n) is 41.1. The number of hydrogen-bond acceptors (Lipinski definition) is 4. The van der Waals surface area contributed by atoms with Gasteiger partial charge in [-0.1, -0.05) is 118 Å². The molecule has 0 atom stereocenters. The van der Waals surface area contributed by atoms with E-state index in [9.17, 15) is 8.42 Å². The van der Waals surface area contributed by atoms with Crippen molar-refractivity contribution in [3.63, 3.8) is 0 Å². The molecule has 6 aromatic rings. The van der Waals surface area contributed by atoms with Crippen LogP contribution in [0.4, 0.5) is 22.7 Å². The summed E-state index contributed by atoms with van der Waals surface area (Å²) in [6.07, 6.45) is 14.4. The molecule has 0 unspecified atom stereocenters. The number of hydrogen-bond donors (Lipinski definition) is 0. The van der Waals surface area contributed by atoms with Crippen molar-refractivity contribution in [2.75, 3.05) is 77.3 Å². The van der Waals surface area contributed by atoms with Crippen LogP contribution in [0.3, 0.4) is 0 Å². The smallest absolute Gasteiger partial charge is 0.0892 e. The van der Waals surface area contributed by atoms with E-state index in [1.807, 2.05) is 48.5 Å². The fourth-order valence-corrected chi connectivity index (χ4v) is 15.1. The Balaban J connectivity index is 0.764. The fourth-order valence-electron chi connectivity index (χ4n) is 11.6. The van der Waals surface area contributed by atoms with Crippen molar-refractivity contribution in [3.05, 3.63) is 154 Å². The van der Waals surface area contributed by atoms with Crippen molar-refractivity contribution in [1.82, 2.24) is 0 Å². The molecule has 10 heteroatoms. The molecule has 6 nitrogen and oxygen atoms in total. The van der Waals surface area contributed by atoms with Gasteiger partial charge in [-0.25, -0.2) is 8.42 Å². The van der Waals surface area contributed by atoms with Crippen LogP contribution in [0.15, 0.2) is 162 Å². The summed E-state index contributed by atoms with van der Waals surface area (Å²) < 4.78 is 31.2. The van der Waals surface area contributed by atoms with E-state index in [1.54, 1.807) is 0 Å². The van der Waals surface area contributed by atoms with Crippen molar-refractivity contribution < 1.29 is 17.4 Å². The van der Waals surface area contributed by atoms with Gasteiger partial charge in [0.15, 0.2) is 0 Å². The normalized spacial score (nSPS) is 15.0. The second kappa shape index (κ2) is 21.8. The molecule has 6 aromatic carbocycles. The van der Waals surface area contributed by atoms with E-state index in [0.717, 1.165) is 90.3 Å². The molecule has 1 aliphatic carbocycles. The Labute approximate surface area is 434 Å². The molecule has 362 valence electrons. The molecule has 2 aliphatic heterocycles. The third-order valence-electron chi connectivity index (χ3n) is 15.2. The van der Waals surface area contributed by atoms with Gasteiger partial charge in [-0.3, -0.25) is 0 Å². The molecule has 0 spiro atoms. The quantitative estimate of drug-likeness (QED) is 0.0502. The van der Waals surface area contributed by atoms with E-state index >= 15 is 0 Å². The van der Waals surface area contributed by atoms with E-state index in [4.69, 9.17) is 0 Å². The molecule has 0 bridgehead atoms. The molecule has 69 heavy (non-hydrogen) atoms. The molecular weight excluding hydrogens is 1020 g/mol. The van der Waals surface area contributed by atoms with Gasteiger partial charge in [-0.2, -0.15) is 0 Å². The van der Waals surface area contributed by atoms with Crippen molar-refractivity contribution >= 4 is 76.2 Å². The molecule has 0 radical (unpaired) electrons. The fraction of sp³-hybridized carbons (Fsp3) is 0.390. The molecule has 2 heterocycles. The lowest BCUT2D eigenvalue weighted by atomic mass is 9.70. The Bertz CT molecular complexity index is 2540. The topological polar surface area (TPSA) is 40.6 Å². The Hall–Kier alpha value is -3.90. The minimum Gasteiger partial charge on any atom is -0.339 e. The van der Waals surface area contributed by atoms with Gasteiger partial charge in [-0.05, 0) is 134 Å². The number of halogens is 2. The van der Waals surface area contributed by atoms with Gasteiger partial charge in [0.25, 0.3) is 0 Å². The first kappa shape index (κ1) is 50.1. The molecule has 0 saturated heterocycles. The van der Waals surface area contributed by atoms with Crippen molar-refractivity contribution in [3.8, 4) is 11.1 Å². The van der Waals surface area contributed by atoms with E-state index in [2.05, 4.69) is 155 Å². The first-order valence-corrected chi connectivity index (χ1v) is 29.2. The van der Waals surface area contributed by atoms with E-state index in [0.29, 0.717) is 0 Å². The highest BCUT2D eigenvalue weighted by molar-refractivity contribution is 9.10.